The Labute approximate surface area is 243 Å². The normalized spacial score (nSPS) is 11.3. The quantitative estimate of drug-likeness (QED) is 0.104. The Bertz CT molecular complexity index is 1120. The van der Waals surface area contributed by atoms with Crippen LogP contribution in [0.3, 0.4) is 0 Å². The van der Waals surface area contributed by atoms with Crippen molar-refractivity contribution in [2.24, 2.45) is 5.73 Å². The van der Waals surface area contributed by atoms with Crippen LogP contribution in [0.5, 0.6) is 0 Å². The zero-order chi connectivity index (χ0) is 32.1. The van der Waals surface area contributed by atoms with E-state index in [0.717, 1.165) is 23.8 Å². The number of amides is 5. The van der Waals surface area contributed by atoms with Crippen LogP contribution in [0.4, 0.5) is 4.79 Å². The molecule has 0 aliphatic heterocycles. The summed E-state index contributed by atoms with van der Waals surface area (Å²) < 4.78 is 14.1. The van der Waals surface area contributed by atoms with Gasteiger partial charge >= 0.3 is 18.0 Å². The predicted octanol–water partition coefficient (Wildman–Crippen LogP) is 0.00590. The van der Waals surface area contributed by atoms with Crippen molar-refractivity contribution in [3.8, 4) is 0 Å². The number of carbonyl (C=O) groups is 7. The van der Waals surface area contributed by atoms with Crippen molar-refractivity contribution < 1.29 is 47.8 Å². The minimum Gasteiger partial charge on any atom is -0.463 e. The molecule has 5 N–H and O–H groups in total. The summed E-state index contributed by atoms with van der Waals surface area (Å²) in [5, 5.41) is 5.26. The highest BCUT2D eigenvalue weighted by Crippen LogP contribution is 2.01. The molecule has 0 saturated carbocycles. The Morgan fingerprint density at radius 2 is 1.43 bits per heavy atom. The van der Waals surface area contributed by atoms with Crippen molar-refractivity contribution in [1.82, 2.24) is 21.1 Å². The Balaban J connectivity index is 0.00000212. The van der Waals surface area contributed by atoms with E-state index in [0.29, 0.717) is 11.6 Å². The van der Waals surface area contributed by atoms with Crippen molar-refractivity contribution in [3.05, 3.63) is 60.7 Å². The molecule has 2 atom stereocenters. The van der Waals surface area contributed by atoms with Crippen LogP contribution in [0.1, 0.15) is 33.3 Å². The molecule has 5 amide bonds. The third-order valence-corrected chi connectivity index (χ3v) is 4.62. The molecule has 0 aliphatic rings. The van der Waals surface area contributed by atoms with Gasteiger partial charge in [0, 0.05) is 18.2 Å². The van der Waals surface area contributed by atoms with Gasteiger partial charge in [-0.15, -0.1) is 0 Å². The standard InChI is InChI=1S/C22H29N5O8.C5H8O2/c1-4-34-19(30)11-10-18(29)27(12-17(23)28)26-21(32)15(3)24-20(31)14(2)25-22(33)35-13-16-8-6-5-7-9-16;1-3-5(6)7-4-2/h5-11,14-15H,4,12-13H2,1-3H3,(H2,23,28)(H,24,31)(H,25,33)(H,26,32);3H,1,4H2,2H3/b11-10+;. The number of nitrogens with zero attached hydrogens (tertiary/aromatic N) is 1. The number of hydrazine groups is 1. The van der Waals surface area contributed by atoms with Crippen molar-refractivity contribution in [2.75, 3.05) is 19.8 Å². The van der Waals surface area contributed by atoms with Gasteiger partial charge in [0.05, 0.1) is 13.2 Å². The van der Waals surface area contributed by atoms with Crippen LogP contribution in [0.15, 0.2) is 55.1 Å². The molecule has 42 heavy (non-hydrogen) atoms. The lowest BCUT2D eigenvalue weighted by molar-refractivity contribution is -0.142. The Kier molecular flexibility index (Phi) is 18.1. The fourth-order valence-electron chi connectivity index (χ4n) is 2.59. The lowest BCUT2D eigenvalue weighted by atomic mass is 10.2. The van der Waals surface area contributed by atoms with Crippen LogP contribution >= 0.6 is 0 Å². The second kappa shape index (κ2) is 20.7. The molecule has 0 fully saturated rings. The SMILES string of the molecule is C=CC(=O)OCC.CCOC(=O)/C=C/C(=O)N(CC(N)=O)NC(=O)C(C)NC(=O)C(C)NC(=O)OCc1ccccc1. The Morgan fingerprint density at radius 1 is 0.857 bits per heavy atom. The second-order valence-electron chi connectivity index (χ2n) is 8.07. The number of primary amides is 1. The van der Waals surface area contributed by atoms with Crippen LogP contribution in [0.25, 0.3) is 0 Å². The zero-order valence-corrected chi connectivity index (χ0v) is 23.9. The van der Waals surface area contributed by atoms with E-state index >= 15 is 0 Å². The summed E-state index contributed by atoms with van der Waals surface area (Å²) in [6.45, 7) is 9.06. The fraction of sp³-hybridized carbons (Fsp3) is 0.370. The largest absolute Gasteiger partial charge is 0.463 e. The van der Waals surface area contributed by atoms with E-state index in [1.807, 2.05) is 6.07 Å². The van der Waals surface area contributed by atoms with Crippen LogP contribution in [-0.4, -0.2) is 78.5 Å². The van der Waals surface area contributed by atoms with Crippen molar-refractivity contribution in [2.45, 2.75) is 46.4 Å². The third-order valence-electron chi connectivity index (χ3n) is 4.62. The molecule has 0 aromatic heterocycles. The van der Waals surface area contributed by atoms with E-state index in [2.05, 4.69) is 32.1 Å². The molecule has 15 heteroatoms. The number of alkyl carbamates (subject to hydrolysis) is 1. The molecule has 1 rings (SSSR count). The molecular weight excluding hydrogens is 554 g/mol. The summed E-state index contributed by atoms with van der Waals surface area (Å²) in [5.41, 5.74) is 8.00. The lowest BCUT2D eigenvalue weighted by Crippen LogP contribution is -2.56. The summed E-state index contributed by atoms with van der Waals surface area (Å²) in [4.78, 5) is 81.6. The number of ether oxygens (including phenoxy) is 3. The van der Waals surface area contributed by atoms with Gasteiger partial charge in [0.2, 0.25) is 11.8 Å². The summed E-state index contributed by atoms with van der Waals surface area (Å²) >= 11 is 0. The molecule has 230 valence electrons. The van der Waals surface area contributed by atoms with Crippen molar-refractivity contribution in [3.63, 3.8) is 0 Å². The first-order valence-corrected chi connectivity index (χ1v) is 12.7. The van der Waals surface area contributed by atoms with Crippen molar-refractivity contribution >= 4 is 41.7 Å². The third kappa shape index (κ3) is 16.7. The number of esters is 2. The van der Waals surface area contributed by atoms with Crippen molar-refractivity contribution in [1.29, 1.82) is 0 Å². The fourth-order valence-corrected chi connectivity index (χ4v) is 2.59. The number of nitrogens with two attached hydrogens (primary N) is 1. The minimum absolute atomic E-state index is 0.00810. The Morgan fingerprint density at radius 3 is 1.95 bits per heavy atom. The predicted molar refractivity (Wildman–Crippen MR) is 148 cm³/mol. The van der Waals surface area contributed by atoms with Crippen LogP contribution in [-0.2, 0) is 49.6 Å². The summed E-state index contributed by atoms with van der Waals surface area (Å²) in [6, 6.07) is 6.69. The summed E-state index contributed by atoms with van der Waals surface area (Å²) in [7, 11) is 0. The molecule has 2 unspecified atom stereocenters. The van der Waals surface area contributed by atoms with Gasteiger partial charge in [0.1, 0.15) is 25.2 Å². The maximum Gasteiger partial charge on any atom is 0.408 e. The first-order chi connectivity index (χ1) is 19.8. The average Bonchev–Trinajstić information content (AvgIpc) is 2.95. The molecule has 0 radical (unpaired) electrons. The number of rotatable bonds is 13. The van der Waals surface area contributed by atoms with E-state index in [1.54, 1.807) is 38.1 Å². The zero-order valence-electron chi connectivity index (χ0n) is 23.9. The first kappa shape index (κ1) is 36.8. The highest BCUT2D eigenvalue weighted by atomic mass is 16.5. The van der Waals surface area contributed by atoms with E-state index in [-0.39, 0.29) is 19.2 Å². The van der Waals surface area contributed by atoms with Gasteiger partial charge in [-0.3, -0.25) is 24.6 Å². The number of hydrogen-bond donors (Lipinski definition) is 4. The highest BCUT2D eigenvalue weighted by Gasteiger charge is 2.24. The molecule has 0 saturated heterocycles. The molecule has 0 heterocycles. The first-order valence-electron chi connectivity index (χ1n) is 12.7. The monoisotopic (exact) mass is 591 g/mol. The van der Waals surface area contributed by atoms with Gasteiger partial charge in [0.25, 0.3) is 11.8 Å². The van der Waals surface area contributed by atoms with Gasteiger partial charge in [-0.1, -0.05) is 36.9 Å². The van der Waals surface area contributed by atoms with E-state index in [9.17, 15) is 33.6 Å². The highest BCUT2D eigenvalue weighted by molar-refractivity contribution is 5.98. The molecule has 0 aliphatic carbocycles. The molecular formula is C27H37N5O10. The van der Waals surface area contributed by atoms with Crippen LogP contribution in [0, 0.1) is 0 Å². The van der Waals surface area contributed by atoms with Gasteiger partial charge in [-0.05, 0) is 33.3 Å². The van der Waals surface area contributed by atoms with Gasteiger partial charge < -0.3 is 30.6 Å². The van der Waals surface area contributed by atoms with Gasteiger partial charge in [-0.25, -0.2) is 19.4 Å². The summed E-state index contributed by atoms with van der Waals surface area (Å²) in [6.07, 6.45) is 1.92. The molecule has 15 nitrogen and oxygen atoms in total. The Hall–Kier alpha value is -5.21. The molecule has 0 bridgehead atoms. The number of hydrogen-bond acceptors (Lipinski definition) is 10. The average molecular weight is 592 g/mol. The second-order valence-corrected chi connectivity index (χ2v) is 8.07. The minimum atomic E-state index is -1.18. The van der Waals surface area contributed by atoms with Crippen LogP contribution < -0.4 is 21.8 Å². The van der Waals surface area contributed by atoms with Crippen LogP contribution in [0.2, 0.25) is 0 Å². The smallest absolute Gasteiger partial charge is 0.408 e. The van der Waals surface area contributed by atoms with Gasteiger partial charge in [0.15, 0.2) is 0 Å². The molecule has 0 spiro atoms. The van der Waals surface area contributed by atoms with Gasteiger partial charge in [-0.2, -0.15) is 0 Å². The molecule has 1 aromatic rings. The van der Waals surface area contributed by atoms with E-state index in [4.69, 9.17) is 10.5 Å². The molecule has 1 aromatic carbocycles. The van der Waals surface area contributed by atoms with E-state index < -0.39 is 54.3 Å². The summed E-state index contributed by atoms with van der Waals surface area (Å²) in [5.74, 6) is -4.60. The maximum absolute atomic E-state index is 12.4. The lowest BCUT2D eigenvalue weighted by Gasteiger charge is -2.24. The number of benzene rings is 1. The topological polar surface area (TPSA) is 213 Å². The number of carbonyl (C=O) groups excluding carboxylic acids is 7. The van der Waals surface area contributed by atoms with E-state index in [1.165, 1.54) is 13.8 Å². The number of nitrogens with one attached hydrogen (secondary N) is 3. The maximum atomic E-state index is 12.4.